The smallest absolute Gasteiger partial charge is 0.251 e. The summed E-state index contributed by atoms with van der Waals surface area (Å²) in [6, 6.07) is 6.73. The average molecular weight is 260 g/mol. The van der Waals surface area contributed by atoms with Gasteiger partial charge in [-0.1, -0.05) is 13.0 Å². The maximum atomic E-state index is 11.8. The van der Waals surface area contributed by atoms with Crippen LogP contribution in [-0.4, -0.2) is 24.4 Å². The fourth-order valence-electron chi connectivity index (χ4n) is 1.45. The Morgan fingerprint density at radius 2 is 1.74 bits per heavy atom. The van der Waals surface area contributed by atoms with Gasteiger partial charge in [0, 0.05) is 23.7 Å². The molecule has 2 N–H and O–H groups in total. The maximum absolute atomic E-state index is 11.8. The van der Waals surface area contributed by atoms with Crippen molar-refractivity contribution in [3.05, 3.63) is 48.0 Å². The van der Waals surface area contributed by atoms with Crippen LogP contribution in [0.25, 0.3) is 0 Å². The molecule has 2 amide bonds. The lowest BCUT2D eigenvalue weighted by Gasteiger charge is -2.11. The first-order chi connectivity index (χ1) is 9.08. The molecule has 1 rings (SSSR count). The second-order valence-corrected chi connectivity index (χ2v) is 4.36. The third kappa shape index (κ3) is 4.58. The van der Waals surface area contributed by atoms with Crippen LogP contribution in [-0.2, 0) is 0 Å². The summed E-state index contributed by atoms with van der Waals surface area (Å²) in [6.07, 6.45) is 2.50. The van der Waals surface area contributed by atoms with E-state index >= 15 is 0 Å². The molecule has 0 aliphatic rings. The predicted octanol–water partition coefficient (Wildman–Crippen LogP) is 2.13. The largest absolute Gasteiger partial charge is 0.350 e. The van der Waals surface area contributed by atoms with Crippen molar-refractivity contribution in [2.24, 2.45) is 0 Å². The molecule has 0 heterocycles. The van der Waals surface area contributed by atoms with Gasteiger partial charge in [-0.25, -0.2) is 0 Å². The van der Waals surface area contributed by atoms with Crippen molar-refractivity contribution in [1.29, 1.82) is 0 Å². The molecular formula is C15H20N2O2. The van der Waals surface area contributed by atoms with E-state index in [1.807, 2.05) is 13.8 Å². The lowest BCUT2D eigenvalue weighted by molar-refractivity contribution is 0.0933. The first-order valence-corrected chi connectivity index (χ1v) is 6.38. The molecule has 0 spiro atoms. The van der Waals surface area contributed by atoms with Gasteiger partial charge >= 0.3 is 0 Å². The molecular weight excluding hydrogens is 240 g/mol. The van der Waals surface area contributed by atoms with Crippen LogP contribution in [0.4, 0.5) is 0 Å². The van der Waals surface area contributed by atoms with Crippen molar-refractivity contribution in [1.82, 2.24) is 10.6 Å². The molecule has 1 unspecified atom stereocenters. The van der Waals surface area contributed by atoms with Crippen molar-refractivity contribution in [3.63, 3.8) is 0 Å². The van der Waals surface area contributed by atoms with E-state index in [-0.39, 0.29) is 17.9 Å². The minimum absolute atomic E-state index is 0.118. The molecule has 0 radical (unpaired) electrons. The van der Waals surface area contributed by atoms with Gasteiger partial charge in [0.25, 0.3) is 11.8 Å². The molecule has 1 atom stereocenters. The van der Waals surface area contributed by atoms with Gasteiger partial charge in [-0.3, -0.25) is 9.59 Å². The topological polar surface area (TPSA) is 58.2 Å². The van der Waals surface area contributed by atoms with Crippen LogP contribution in [0.3, 0.4) is 0 Å². The summed E-state index contributed by atoms with van der Waals surface area (Å²) < 4.78 is 0. The maximum Gasteiger partial charge on any atom is 0.251 e. The summed E-state index contributed by atoms with van der Waals surface area (Å²) >= 11 is 0. The molecule has 102 valence electrons. The molecule has 0 aliphatic heterocycles. The lowest BCUT2D eigenvalue weighted by Crippen LogP contribution is -2.32. The van der Waals surface area contributed by atoms with E-state index in [9.17, 15) is 9.59 Å². The Hall–Kier alpha value is -2.10. The van der Waals surface area contributed by atoms with Gasteiger partial charge in [-0.15, -0.1) is 6.58 Å². The number of carbonyl (C=O) groups excluding carboxylic acids is 2. The van der Waals surface area contributed by atoms with Gasteiger partial charge in [0.05, 0.1) is 0 Å². The van der Waals surface area contributed by atoms with Crippen LogP contribution in [0.15, 0.2) is 36.9 Å². The summed E-state index contributed by atoms with van der Waals surface area (Å²) in [4.78, 5) is 23.5. The van der Waals surface area contributed by atoms with Crippen LogP contribution in [0.2, 0.25) is 0 Å². The van der Waals surface area contributed by atoms with Crippen molar-refractivity contribution < 1.29 is 9.59 Å². The number of hydrogen-bond acceptors (Lipinski definition) is 2. The summed E-state index contributed by atoms with van der Waals surface area (Å²) in [5, 5.41) is 5.56. The zero-order valence-electron chi connectivity index (χ0n) is 11.4. The molecule has 1 aromatic carbocycles. The third-order valence-electron chi connectivity index (χ3n) is 2.81. The van der Waals surface area contributed by atoms with E-state index < -0.39 is 0 Å². The van der Waals surface area contributed by atoms with E-state index in [4.69, 9.17) is 0 Å². The molecule has 1 aromatic rings. The Balaban J connectivity index is 2.68. The first kappa shape index (κ1) is 15.0. The van der Waals surface area contributed by atoms with Crippen molar-refractivity contribution in [3.8, 4) is 0 Å². The summed E-state index contributed by atoms with van der Waals surface area (Å²) in [6.45, 7) is 7.92. The summed E-state index contributed by atoms with van der Waals surface area (Å²) in [5.41, 5.74) is 1.09. The number of hydrogen-bond donors (Lipinski definition) is 2. The second-order valence-electron chi connectivity index (χ2n) is 4.36. The number of amides is 2. The normalized spacial score (nSPS) is 11.5. The fourth-order valence-corrected chi connectivity index (χ4v) is 1.45. The Morgan fingerprint density at radius 3 is 2.21 bits per heavy atom. The van der Waals surface area contributed by atoms with Crippen molar-refractivity contribution >= 4 is 11.8 Å². The molecule has 0 saturated heterocycles. The minimum Gasteiger partial charge on any atom is -0.350 e. The monoisotopic (exact) mass is 260 g/mol. The standard InChI is InChI=1S/C15H20N2O2/c1-4-10-16-14(18)12-6-8-13(9-7-12)15(19)17-11(3)5-2/h4,6-9,11H,1,5,10H2,2-3H3,(H,16,18)(H,17,19). The van der Waals surface area contributed by atoms with Gasteiger partial charge < -0.3 is 10.6 Å². The van der Waals surface area contributed by atoms with E-state index in [0.717, 1.165) is 6.42 Å². The zero-order valence-corrected chi connectivity index (χ0v) is 11.4. The third-order valence-corrected chi connectivity index (χ3v) is 2.81. The average Bonchev–Trinajstić information content (AvgIpc) is 2.44. The highest BCUT2D eigenvalue weighted by atomic mass is 16.2. The number of benzene rings is 1. The molecule has 4 heteroatoms. The van der Waals surface area contributed by atoms with Crippen LogP contribution in [0.5, 0.6) is 0 Å². The highest BCUT2D eigenvalue weighted by molar-refractivity contribution is 5.97. The number of nitrogens with one attached hydrogen (secondary N) is 2. The van der Waals surface area contributed by atoms with Gasteiger partial charge in [-0.2, -0.15) is 0 Å². The predicted molar refractivity (Wildman–Crippen MR) is 76.2 cm³/mol. The minimum atomic E-state index is -0.172. The Labute approximate surface area is 113 Å². The molecule has 0 saturated carbocycles. The van der Waals surface area contributed by atoms with Crippen molar-refractivity contribution in [2.45, 2.75) is 26.3 Å². The molecule has 0 aliphatic carbocycles. The Kier molecular flexibility index (Phi) is 5.79. The highest BCUT2D eigenvalue weighted by Gasteiger charge is 2.09. The SMILES string of the molecule is C=CCNC(=O)c1ccc(C(=O)NC(C)CC)cc1. The Morgan fingerprint density at radius 1 is 1.21 bits per heavy atom. The van der Waals surface area contributed by atoms with Crippen LogP contribution in [0.1, 0.15) is 41.0 Å². The lowest BCUT2D eigenvalue weighted by atomic mass is 10.1. The fraction of sp³-hybridized carbons (Fsp3) is 0.333. The number of rotatable bonds is 6. The number of carbonyl (C=O) groups is 2. The van der Waals surface area contributed by atoms with E-state index in [1.165, 1.54) is 0 Å². The van der Waals surface area contributed by atoms with Crippen LogP contribution >= 0.6 is 0 Å². The van der Waals surface area contributed by atoms with Gasteiger partial charge in [0.15, 0.2) is 0 Å². The molecule has 4 nitrogen and oxygen atoms in total. The van der Waals surface area contributed by atoms with Gasteiger partial charge in [-0.05, 0) is 37.6 Å². The van der Waals surface area contributed by atoms with E-state index in [0.29, 0.717) is 17.7 Å². The first-order valence-electron chi connectivity index (χ1n) is 6.38. The summed E-state index contributed by atoms with van der Waals surface area (Å²) in [7, 11) is 0. The van der Waals surface area contributed by atoms with E-state index in [1.54, 1.807) is 30.3 Å². The summed E-state index contributed by atoms with van der Waals surface area (Å²) in [5.74, 6) is -0.291. The Bertz CT molecular complexity index is 452. The zero-order chi connectivity index (χ0) is 14.3. The second kappa shape index (κ2) is 7.36. The van der Waals surface area contributed by atoms with Crippen molar-refractivity contribution in [2.75, 3.05) is 6.54 Å². The van der Waals surface area contributed by atoms with Crippen LogP contribution in [0, 0.1) is 0 Å². The van der Waals surface area contributed by atoms with E-state index in [2.05, 4.69) is 17.2 Å². The van der Waals surface area contributed by atoms with Gasteiger partial charge in [0.2, 0.25) is 0 Å². The van der Waals surface area contributed by atoms with Crippen LogP contribution < -0.4 is 10.6 Å². The molecule has 0 fully saturated rings. The molecule has 0 bridgehead atoms. The highest BCUT2D eigenvalue weighted by Crippen LogP contribution is 2.05. The molecule has 19 heavy (non-hydrogen) atoms. The quantitative estimate of drug-likeness (QED) is 0.770. The van der Waals surface area contributed by atoms with Gasteiger partial charge in [0.1, 0.15) is 0 Å². The molecule has 0 aromatic heterocycles.